The van der Waals surface area contributed by atoms with Gasteiger partial charge in [-0.05, 0) is 18.3 Å². The van der Waals surface area contributed by atoms with Crippen LogP contribution in [-0.4, -0.2) is 17.9 Å². The van der Waals surface area contributed by atoms with E-state index in [0.717, 1.165) is 0 Å². The van der Waals surface area contributed by atoms with Gasteiger partial charge in [-0.15, -0.1) is 0 Å². The minimum absolute atomic E-state index is 0.111. The zero-order chi connectivity index (χ0) is 12.3. The third-order valence-electron chi connectivity index (χ3n) is 2.33. The van der Waals surface area contributed by atoms with Crippen molar-refractivity contribution in [2.24, 2.45) is 11.8 Å². The van der Waals surface area contributed by atoms with Crippen LogP contribution in [0.1, 0.15) is 34.1 Å². The van der Waals surface area contributed by atoms with E-state index in [-0.39, 0.29) is 17.7 Å². The first-order chi connectivity index (χ1) is 7.40. The first-order valence-electron chi connectivity index (χ1n) is 5.73. The third kappa shape index (κ3) is 3.36. The molecular weight excluding hydrogens is 204 g/mol. The molecule has 1 aliphatic heterocycles. The van der Waals surface area contributed by atoms with Gasteiger partial charge < -0.3 is 10.6 Å². The molecule has 1 heterocycles. The normalized spacial score (nSPS) is 23.9. The van der Waals surface area contributed by atoms with Crippen LogP contribution in [0, 0.1) is 11.8 Å². The summed E-state index contributed by atoms with van der Waals surface area (Å²) in [4.78, 5) is 23.4. The molecule has 0 bridgehead atoms. The summed E-state index contributed by atoms with van der Waals surface area (Å²) in [7, 11) is 0. The number of carbonyl (C=O) groups excluding carboxylic acids is 2. The summed E-state index contributed by atoms with van der Waals surface area (Å²) in [5.41, 5.74) is 0.375. The monoisotopic (exact) mass is 224 g/mol. The molecule has 0 spiro atoms. The van der Waals surface area contributed by atoms with E-state index >= 15 is 0 Å². The van der Waals surface area contributed by atoms with Gasteiger partial charge in [0.1, 0.15) is 11.7 Å². The van der Waals surface area contributed by atoms with Crippen molar-refractivity contribution in [2.45, 2.75) is 40.2 Å². The summed E-state index contributed by atoms with van der Waals surface area (Å²) in [6.07, 6.45) is 2.44. The molecule has 0 unspecified atom stereocenters. The first kappa shape index (κ1) is 12.7. The molecule has 0 aromatic carbocycles. The summed E-state index contributed by atoms with van der Waals surface area (Å²) in [5.74, 6) is 0.327. The lowest BCUT2D eigenvalue weighted by Gasteiger charge is -2.26. The Kier molecular flexibility index (Phi) is 4.10. The number of amides is 2. The molecular formula is C12H20N2O2. The van der Waals surface area contributed by atoms with Crippen molar-refractivity contribution in [1.29, 1.82) is 0 Å². The third-order valence-corrected chi connectivity index (χ3v) is 2.33. The standard InChI is InChI=1S/C12H20N2O2/c1-7(2)5-9-11(15)14-10(6-8(3)4)12(16)13-9/h5,7-8,10H,6H2,1-4H3,(H,13,16)(H,14,15)/t10-/m0/s1. The number of nitrogens with one attached hydrogen (secondary N) is 2. The minimum Gasteiger partial charge on any atom is -0.339 e. The number of hydrogen-bond donors (Lipinski definition) is 2. The number of allylic oxidation sites excluding steroid dienone is 1. The van der Waals surface area contributed by atoms with E-state index in [1.165, 1.54) is 0 Å². The molecule has 4 nitrogen and oxygen atoms in total. The molecule has 1 aliphatic rings. The Morgan fingerprint density at radius 1 is 1.25 bits per heavy atom. The lowest BCUT2D eigenvalue weighted by Crippen LogP contribution is -2.55. The van der Waals surface area contributed by atoms with Crippen molar-refractivity contribution in [3.05, 3.63) is 11.8 Å². The number of rotatable bonds is 3. The molecule has 2 N–H and O–H groups in total. The Hall–Kier alpha value is -1.32. The average Bonchev–Trinajstić information content (AvgIpc) is 2.11. The summed E-state index contributed by atoms with van der Waals surface area (Å²) in [6.45, 7) is 7.98. The van der Waals surface area contributed by atoms with Gasteiger partial charge in [-0.3, -0.25) is 9.59 Å². The maximum atomic E-state index is 11.7. The predicted octanol–water partition coefficient (Wildman–Crippen LogP) is 1.19. The van der Waals surface area contributed by atoms with Crippen molar-refractivity contribution in [2.75, 3.05) is 0 Å². The lowest BCUT2D eigenvalue weighted by atomic mass is 10.0. The van der Waals surface area contributed by atoms with Crippen LogP contribution in [-0.2, 0) is 9.59 Å². The van der Waals surface area contributed by atoms with Gasteiger partial charge in [0, 0.05) is 0 Å². The Balaban J connectivity index is 2.71. The fourth-order valence-electron chi connectivity index (χ4n) is 1.67. The van der Waals surface area contributed by atoms with E-state index < -0.39 is 6.04 Å². The Morgan fingerprint density at radius 2 is 1.88 bits per heavy atom. The highest BCUT2D eigenvalue weighted by Crippen LogP contribution is 2.11. The smallest absolute Gasteiger partial charge is 0.268 e. The van der Waals surface area contributed by atoms with Crippen LogP contribution in [0.3, 0.4) is 0 Å². The molecule has 1 fully saturated rings. The van der Waals surface area contributed by atoms with E-state index in [4.69, 9.17) is 0 Å². The second-order valence-corrected chi connectivity index (χ2v) is 4.97. The quantitative estimate of drug-likeness (QED) is 0.707. The van der Waals surface area contributed by atoms with E-state index in [9.17, 15) is 9.59 Å². The largest absolute Gasteiger partial charge is 0.339 e. The second kappa shape index (κ2) is 5.14. The fourth-order valence-corrected chi connectivity index (χ4v) is 1.67. The van der Waals surface area contributed by atoms with E-state index in [2.05, 4.69) is 10.6 Å². The van der Waals surface area contributed by atoms with Crippen molar-refractivity contribution in [1.82, 2.24) is 10.6 Å². The highest BCUT2D eigenvalue weighted by Gasteiger charge is 2.29. The topological polar surface area (TPSA) is 58.2 Å². The molecule has 0 aliphatic carbocycles. The molecule has 0 saturated carbocycles. The van der Waals surface area contributed by atoms with Crippen LogP contribution in [0.25, 0.3) is 0 Å². The van der Waals surface area contributed by atoms with E-state index in [0.29, 0.717) is 18.0 Å². The zero-order valence-electron chi connectivity index (χ0n) is 10.3. The summed E-state index contributed by atoms with van der Waals surface area (Å²) in [6, 6.07) is -0.392. The van der Waals surface area contributed by atoms with Crippen LogP contribution in [0.5, 0.6) is 0 Å². The average molecular weight is 224 g/mol. The van der Waals surface area contributed by atoms with Gasteiger partial charge in [0.2, 0.25) is 5.91 Å². The molecule has 1 saturated heterocycles. The van der Waals surface area contributed by atoms with Crippen molar-refractivity contribution in [3.63, 3.8) is 0 Å². The summed E-state index contributed by atoms with van der Waals surface area (Å²) < 4.78 is 0. The number of hydrogen-bond acceptors (Lipinski definition) is 2. The maximum absolute atomic E-state index is 11.7. The van der Waals surface area contributed by atoms with Gasteiger partial charge in [0.05, 0.1) is 0 Å². The van der Waals surface area contributed by atoms with Crippen molar-refractivity contribution >= 4 is 11.8 Å². The minimum atomic E-state index is -0.392. The second-order valence-electron chi connectivity index (χ2n) is 4.97. The highest BCUT2D eigenvalue weighted by atomic mass is 16.2. The van der Waals surface area contributed by atoms with Crippen LogP contribution < -0.4 is 10.6 Å². The molecule has 0 aromatic rings. The summed E-state index contributed by atoms with van der Waals surface area (Å²) in [5, 5.41) is 5.40. The maximum Gasteiger partial charge on any atom is 0.268 e. The highest BCUT2D eigenvalue weighted by molar-refractivity contribution is 6.04. The van der Waals surface area contributed by atoms with Gasteiger partial charge in [-0.2, -0.15) is 0 Å². The first-order valence-corrected chi connectivity index (χ1v) is 5.73. The molecule has 0 radical (unpaired) electrons. The molecule has 4 heteroatoms. The number of carbonyl (C=O) groups is 2. The molecule has 0 aromatic heterocycles. The Morgan fingerprint density at radius 3 is 2.38 bits per heavy atom. The van der Waals surface area contributed by atoms with Crippen LogP contribution in [0.2, 0.25) is 0 Å². The molecule has 2 amide bonds. The number of piperazine rings is 1. The van der Waals surface area contributed by atoms with E-state index in [1.54, 1.807) is 6.08 Å². The van der Waals surface area contributed by atoms with Gasteiger partial charge in [0.15, 0.2) is 0 Å². The molecule has 90 valence electrons. The van der Waals surface area contributed by atoms with Gasteiger partial charge in [0.25, 0.3) is 5.91 Å². The van der Waals surface area contributed by atoms with Gasteiger partial charge in [-0.1, -0.05) is 33.8 Å². The molecule has 1 rings (SSSR count). The summed E-state index contributed by atoms with van der Waals surface area (Å²) >= 11 is 0. The lowest BCUT2D eigenvalue weighted by molar-refractivity contribution is -0.131. The Bertz CT molecular complexity index is 319. The van der Waals surface area contributed by atoms with Gasteiger partial charge >= 0.3 is 0 Å². The van der Waals surface area contributed by atoms with Crippen LogP contribution >= 0.6 is 0 Å². The molecule has 16 heavy (non-hydrogen) atoms. The van der Waals surface area contributed by atoms with Gasteiger partial charge in [-0.25, -0.2) is 0 Å². The van der Waals surface area contributed by atoms with E-state index in [1.807, 2.05) is 27.7 Å². The van der Waals surface area contributed by atoms with Crippen LogP contribution in [0.15, 0.2) is 11.8 Å². The SMILES string of the molecule is CC(C)C=C1NC(=O)[C@H](CC(C)C)NC1=O. The molecule has 1 atom stereocenters. The van der Waals surface area contributed by atoms with Crippen molar-refractivity contribution in [3.8, 4) is 0 Å². The zero-order valence-corrected chi connectivity index (χ0v) is 10.3. The fraction of sp³-hybridized carbons (Fsp3) is 0.667. The predicted molar refractivity (Wildman–Crippen MR) is 62.4 cm³/mol. The Labute approximate surface area is 96.5 Å². The van der Waals surface area contributed by atoms with Crippen molar-refractivity contribution < 1.29 is 9.59 Å². The van der Waals surface area contributed by atoms with Crippen LogP contribution in [0.4, 0.5) is 0 Å².